The first-order valence-electron chi connectivity index (χ1n) is 12.3. The van der Waals surface area contributed by atoms with E-state index in [1.54, 1.807) is 0 Å². The number of benzene rings is 1. The maximum atomic E-state index is 12.5. The van der Waals surface area contributed by atoms with Gasteiger partial charge in [0, 0.05) is 6.08 Å². The highest BCUT2D eigenvalue weighted by molar-refractivity contribution is 5.81. The average Bonchev–Trinajstić information content (AvgIpc) is 2.86. The fraction of sp³-hybridized carbons (Fsp3) is 0.593. The summed E-state index contributed by atoms with van der Waals surface area (Å²) < 4.78 is 15.9. The van der Waals surface area contributed by atoms with Gasteiger partial charge in [0.1, 0.15) is 5.75 Å². The topological polar surface area (TPSA) is 78.9 Å². The molecule has 2 fully saturated rings. The van der Waals surface area contributed by atoms with E-state index in [9.17, 15) is 14.4 Å². The molecule has 0 bridgehead atoms. The van der Waals surface area contributed by atoms with Gasteiger partial charge in [-0.2, -0.15) is 0 Å². The molecule has 0 amide bonds. The van der Waals surface area contributed by atoms with Crippen molar-refractivity contribution in [1.29, 1.82) is 0 Å². The van der Waals surface area contributed by atoms with Crippen LogP contribution >= 0.6 is 0 Å². The van der Waals surface area contributed by atoms with E-state index >= 15 is 0 Å². The van der Waals surface area contributed by atoms with Gasteiger partial charge < -0.3 is 14.2 Å². The highest BCUT2D eigenvalue weighted by Gasteiger charge is 2.35. The third-order valence-corrected chi connectivity index (χ3v) is 7.03. The van der Waals surface area contributed by atoms with Crippen LogP contribution in [-0.2, 0) is 23.9 Å². The van der Waals surface area contributed by atoms with Crippen molar-refractivity contribution < 1.29 is 28.6 Å². The molecule has 0 radical (unpaired) electrons. The summed E-state index contributed by atoms with van der Waals surface area (Å²) in [7, 11) is 0. The summed E-state index contributed by atoms with van der Waals surface area (Å²) in [6, 6.07) is 9.27. The van der Waals surface area contributed by atoms with Crippen LogP contribution in [0.25, 0.3) is 0 Å². The van der Waals surface area contributed by atoms with Gasteiger partial charge in [0.25, 0.3) is 0 Å². The Kier molecular flexibility index (Phi) is 9.98. The predicted molar refractivity (Wildman–Crippen MR) is 124 cm³/mol. The molecule has 180 valence electrons. The highest BCUT2D eigenvalue weighted by Crippen LogP contribution is 2.41. The molecule has 1 aromatic carbocycles. The minimum absolute atomic E-state index is 0.00275. The van der Waals surface area contributed by atoms with Crippen molar-refractivity contribution in [2.45, 2.75) is 64.2 Å². The molecular weight excluding hydrogens is 420 g/mol. The van der Waals surface area contributed by atoms with E-state index < -0.39 is 5.97 Å². The second-order valence-corrected chi connectivity index (χ2v) is 9.20. The lowest BCUT2D eigenvalue weighted by Crippen LogP contribution is -2.31. The Hall–Kier alpha value is -2.63. The van der Waals surface area contributed by atoms with Gasteiger partial charge in [0.05, 0.1) is 25.0 Å². The van der Waals surface area contributed by atoms with Crippen molar-refractivity contribution in [2.75, 3.05) is 13.2 Å². The number of unbranched alkanes of at least 4 members (excludes halogenated alkanes) is 1. The summed E-state index contributed by atoms with van der Waals surface area (Å²) in [5.74, 6) is 1.26. The Morgan fingerprint density at radius 2 is 1.27 bits per heavy atom. The van der Waals surface area contributed by atoms with Gasteiger partial charge in [-0.3, -0.25) is 9.59 Å². The summed E-state index contributed by atoms with van der Waals surface area (Å²) in [4.78, 5) is 35.8. The standard InChI is InChI=1S/C27H36O6/c1-2-25(28)31-18-6-7-19-32-26(29)22-14-10-20(11-15-22)21-12-16-23(17-13-21)27(30)33-24-8-4-3-5-9-24/h2-5,8-9,20-23H,1,6-7,10-19H2. The van der Waals surface area contributed by atoms with Gasteiger partial charge >= 0.3 is 17.9 Å². The Morgan fingerprint density at radius 1 is 0.758 bits per heavy atom. The van der Waals surface area contributed by atoms with Crippen molar-refractivity contribution in [3.63, 3.8) is 0 Å². The molecule has 6 nitrogen and oxygen atoms in total. The molecule has 3 rings (SSSR count). The molecule has 2 saturated carbocycles. The molecular formula is C27H36O6. The first-order chi connectivity index (χ1) is 16.1. The molecule has 2 aliphatic rings. The smallest absolute Gasteiger partial charge is 0.330 e. The summed E-state index contributed by atoms with van der Waals surface area (Å²) in [5.41, 5.74) is 0. The van der Waals surface area contributed by atoms with E-state index in [4.69, 9.17) is 14.2 Å². The molecule has 33 heavy (non-hydrogen) atoms. The van der Waals surface area contributed by atoms with Crippen LogP contribution in [0.3, 0.4) is 0 Å². The zero-order valence-electron chi connectivity index (χ0n) is 19.4. The minimum Gasteiger partial charge on any atom is -0.465 e. The second kappa shape index (κ2) is 13.2. The maximum absolute atomic E-state index is 12.5. The number of para-hydroxylation sites is 1. The van der Waals surface area contributed by atoms with Crippen LogP contribution < -0.4 is 4.74 Å². The Labute approximate surface area is 196 Å². The van der Waals surface area contributed by atoms with Crippen molar-refractivity contribution in [2.24, 2.45) is 23.7 Å². The van der Waals surface area contributed by atoms with Crippen LogP contribution in [0, 0.1) is 23.7 Å². The molecule has 0 N–H and O–H groups in total. The van der Waals surface area contributed by atoms with E-state index in [0.29, 0.717) is 43.6 Å². The quantitative estimate of drug-likeness (QED) is 0.207. The van der Waals surface area contributed by atoms with E-state index in [2.05, 4.69) is 6.58 Å². The van der Waals surface area contributed by atoms with Crippen molar-refractivity contribution in [3.8, 4) is 5.75 Å². The second-order valence-electron chi connectivity index (χ2n) is 9.20. The van der Waals surface area contributed by atoms with Crippen LogP contribution in [0.2, 0.25) is 0 Å². The Balaban J connectivity index is 1.28. The molecule has 6 heteroatoms. The molecule has 0 spiro atoms. The van der Waals surface area contributed by atoms with Gasteiger partial charge in [-0.05, 0) is 88.2 Å². The number of hydrogen-bond donors (Lipinski definition) is 0. The summed E-state index contributed by atoms with van der Waals surface area (Å²) in [6.07, 6.45) is 10.3. The first-order valence-corrected chi connectivity index (χ1v) is 12.3. The fourth-order valence-electron chi connectivity index (χ4n) is 5.07. The molecule has 0 saturated heterocycles. The van der Waals surface area contributed by atoms with Crippen LogP contribution in [-0.4, -0.2) is 31.1 Å². The van der Waals surface area contributed by atoms with Crippen LogP contribution in [0.4, 0.5) is 0 Å². The van der Waals surface area contributed by atoms with E-state index in [-0.39, 0.29) is 23.8 Å². The lowest BCUT2D eigenvalue weighted by Gasteiger charge is -2.36. The highest BCUT2D eigenvalue weighted by atomic mass is 16.5. The van der Waals surface area contributed by atoms with E-state index in [1.165, 1.54) is 0 Å². The normalized spacial score (nSPS) is 25.0. The van der Waals surface area contributed by atoms with Crippen molar-refractivity contribution in [3.05, 3.63) is 43.0 Å². The van der Waals surface area contributed by atoms with Crippen molar-refractivity contribution in [1.82, 2.24) is 0 Å². The molecule has 0 aromatic heterocycles. The first kappa shape index (κ1) is 25.0. The fourth-order valence-corrected chi connectivity index (χ4v) is 5.07. The number of esters is 3. The molecule has 2 aliphatic carbocycles. The number of ether oxygens (including phenoxy) is 3. The Bertz CT molecular complexity index is 773. The van der Waals surface area contributed by atoms with Gasteiger partial charge in [0.2, 0.25) is 0 Å². The number of rotatable bonds is 10. The minimum atomic E-state index is -0.427. The summed E-state index contributed by atoms with van der Waals surface area (Å²) in [5, 5.41) is 0. The number of carbonyl (C=O) groups excluding carboxylic acids is 3. The SMILES string of the molecule is C=CC(=O)OCCCCOC(=O)C1CCC(C2CCC(C(=O)Oc3ccccc3)CC2)CC1. The van der Waals surface area contributed by atoms with Gasteiger partial charge in [-0.25, -0.2) is 4.79 Å². The zero-order valence-corrected chi connectivity index (χ0v) is 19.4. The molecule has 0 unspecified atom stereocenters. The molecule has 0 aliphatic heterocycles. The van der Waals surface area contributed by atoms with Crippen molar-refractivity contribution >= 4 is 17.9 Å². The predicted octanol–water partition coefficient (Wildman–Crippen LogP) is 5.26. The summed E-state index contributed by atoms with van der Waals surface area (Å²) >= 11 is 0. The monoisotopic (exact) mass is 456 g/mol. The third kappa shape index (κ3) is 8.02. The lowest BCUT2D eigenvalue weighted by atomic mass is 9.69. The third-order valence-electron chi connectivity index (χ3n) is 7.03. The number of hydrogen-bond acceptors (Lipinski definition) is 6. The molecule has 0 heterocycles. The molecule has 0 atom stereocenters. The average molecular weight is 457 g/mol. The number of carbonyl (C=O) groups is 3. The van der Waals surface area contributed by atoms with Crippen LogP contribution in [0.15, 0.2) is 43.0 Å². The Morgan fingerprint density at radius 3 is 1.82 bits per heavy atom. The van der Waals surface area contributed by atoms with E-state index in [0.717, 1.165) is 57.4 Å². The van der Waals surface area contributed by atoms with Gasteiger partial charge in [-0.1, -0.05) is 24.8 Å². The van der Waals surface area contributed by atoms with Crippen LogP contribution in [0.1, 0.15) is 64.2 Å². The molecule has 1 aromatic rings. The zero-order chi connectivity index (χ0) is 23.5. The van der Waals surface area contributed by atoms with Crippen LogP contribution in [0.5, 0.6) is 5.75 Å². The lowest BCUT2D eigenvalue weighted by molar-refractivity contribution is -0.151. The summed E-state index contributed by atoms with van der Waals surface area (Å²) in [6.45, 7) is 4.04. The van der Waals surface area contributed by atoms with Gasteiger partial charge in [0.15, 0.2) is 0 Å². The van der Waals surface area contributed by atoms with Gasteiger partial charge in [-0.15, -0.1) is 0 Å². The largest absolute Gasteiger partial charge is 0.465 e. The maximum Gasteiger partial charge on any atom is 0.330 e. The van der Waals surface area contributed by atoms with E-state index in [1.807, 2.05) is 30.3 Å².